The molecule has 21 heavy (non-hydrogen) atoms. The average molecular weight is 276 g/mol. The third kappa shape index (κ3) is 3.09. The van der Waals surface area contributed by atoms with Crippen LogP contribution in [0.25, 0.3) is 11.1 Å². The van der Waals surface area contributed by atoms with Crippen LogP contribution in [0.5, 0.6) is 11.5 Å². The van der Waals surface area contributed by atoms with Crippen molar-refractivity contribution in [3.8, 4) is 22.6 Å². The van der Waals surface area contributed by atoms with Gasteiger partial charge in [-0.25, -0.2) is 0 Å². The highest BCUT2D eigenvalue weighted by Gasteiger charge is 2.04. The minimum absolute atomic E-state index is 0.431. The van der Waals surface area contributed by atoms with E-state index in [1.807, 2.05) is 48.5 Å². The molecule has 1 aromatic heterocycles. The summed E-state index contributed by atoms with van der Waals surface area (Å²) in [6.07, 6.45) is 3.40. The Kier molecular flexibility index (Phi) is 3.94. The third-order valence-corrected chi connectivity index (χ3v) is 3.28. The van der Waals surface area contributed by atoms with Crippen LogP contribution in [0.1, 0.15) is 5.56 Å². The van der Waals surface area contributed by atoms with Crippen LogP contribution in [-0.2, 0) is 6.54 Å². The maximum absolute atomic E-state index is 5.85. The van der Waals surface area contributed by atoms with E-state index >= 15 is 0 Å². The lowest BCUT2D eigenvalue weighted by molar-refractivity contribution is 0.474. The van der Waals surface area contributed by atoms with E-state index in [1.54, 1.807) is 12.4 Å². The first-order valence-electron chi connectivity index (χ1n) is 6.83. The smallest absolute Gasteiger partial charge is 0.150 e. The van der Waals surface area contributed by atoms with Crippen molar-refractivity contribution < 1.29 is 4.74 Å². The van der Waals surface area contributed by atoms with Gasteiger partial charge in [0.2, 0.25) is 0 Å². The van der Waals surface area contributed by atoms with E-state index in [-0.39, 0.29) is 0 Å². The van der Waals surface area contributed by atoms with Gasteiger partial charge in [-0.05, 0) is 29.3 Å². The van der Waals surface area contributed by atoms with Gasteiger partial charge >= 0.3 is 0 Å². The van der Waals surface area contributed by atoms with Crippen molar-refractivity contribution in [1.82, 2.24) is 4.98 Å². The molecular weight excluding hydrogens is 260 g/mol. The molecule has 0 fully saturated rings. The summed E-state index contributed by atoms with van der Waals surface area (Å²) in [5.41, 5.74) is 8.99. The minimum Gasteiger partial charge on any atom is -0.455 e. The lowest BCUT2D eigenvalue weighted by Crippen LogP contribution is -1.99. The molecular formula is C18H16N2O. The van der Waals surface area contributed by atoms with Crippen LogP contribution in [0, 0.1) is 0 Å². The van der Waals surface area contributed by atoms with Gasteiger partial charge in [0.15, 0.2) is 0 Å². The van der Waals surface area contributed by atoms with E-state index in [0.29, 0.717) is 12.3 Å². The van der Waals surface area contributed by atoms with Gasteiger partial charge < -0.3 is 10.5 Å². The van der Waals surface area contributed by atoms with Crippen LogP contribution in [-0.4, -0.2) is 4.98 Å². The zero-order valence-electron chi connectivity index (χ0n) is 11.6. The van der Waals surface area contributed by atoms with Gasteiger partial charge in [-0.1, -0.05) is 42.5 Å². The molecule has 1 heterocycles. The molecule has 0 bridgehead atoms. The van der Waals surface area contributed by atoms with Crippen LogP contribution < -0.4 is 10.5 Å². The lowest BCUT2D eigenvalue weighted by atomic mass is 10.1. The second-order valence-corrected chi connectivity index (χ2v) is 4.68. The molecule has 2 aromatic carbocycles. The van der Waals surface area contributed by atoms with Gasteiger partial charge in [0.1, 0.15) is 11.5 Å². The second-order valence-electron chi connectivity index (χ2n) is 4.68. The van der Waals surface area contributed by atoms with Crippen molar-refractivity contribution in [3.63, 3.8) is 0 Å². The van der Waals surface area contributed by atoms with Crippen molar-refractivity contribution in [1.29, 1.82) is 0 Å². The number of hydrogen-bond acceptors (Lipinski definition) is 3. The topological polar surface area (TPSA) is 48.1 Å². The van der Waals surface area contributed by atoms with E-state index in [4.69, 9.17) is 10.5 Å². The van der Waals surface area contributed by atoms with Gasteiger partial charge in [0, 0.05) is 18.3 Å². The summed E-state index contributed by atoms with van der Waals surface area (Å²) in [6, 6.07) is 20.1. The van der Waals surface area contributed by atoms with Crippen LogP contribution in [0.2, 0.25) is 0 Å². The fourth-order valence-corrected chi connectivity index (χ4v) is 2.14. The quantitative estimate of drug-likeness (QED) is 0.783. The average Bonchev–Trinajstić information content (AvgIpc) is 2.57. The molecule has 0 spiro atoms. The van der Waals surface area contributed by atoms with Gasteiger partial charge in [-0.15, -0.1) is 0 Å². The number of aromatic nitrogens is 1. The standard InChI is InChI=1S/C18H16N2O/c19-12-16-10-11-20-13-18(16)21-17-8-6-15(7-9-17)14-4-2-1-3-5-14/h1-11,13H,12,19H2. The Morgan fingerprint density at radius 2 is 1.57 bits per heavy atom. The fraction of sp³-hybridized carbons (Fsp3) is 0.0556. The maximum Gasteiger partial charge on any atom is 0.150 e. The SMILES string of the molecule is NCc1ccncc1Oc1ccc(-c2ccccc2)cc1. The molecule has 3 aromatic rings. The van der Waals surface area contributed by atoms with E-state index in [0.717, 1.165) is 16.9 Å². The lowest BCUT2D eigenvalue weighted by Gasteiger charge is -2.10. The molecule has 0 aliphatic heterocycles. The first kappa shape index (κ1) is 13.3. The monoisotopic (exact) mass is 276 g/mol. The summed E-state index contributed by atoms with van der Waals surface area (Å²) in [6.45, 7) is 0.431. The molecule has 3 nitrogen and oxygen atoms in total. The Morgan fingerprint density at radius 1 is 0.857 bits per heavy atom. The maximum atomic E-state index is 5.85. The zero-order valence-corrected chi connectivity index (χ0v) is 11.6. The fourth-order valence-electron chi connectivity index (χ4n) is 2.14. The van der Waals surface area contributed by atoms with E-state index in [2.05, 4.69) is 17.1 Å². The molecule has 0 saturated heterocycles. The van der Waals surface area contributed by atoms with Gasteiger partial charge in [-0.2, -0.15) is 0 Å². The highest BCUT2D eigenvalue weighted by atomic mass is 16.5. The summed E-state index contributed by atoms with van der Waals surface area (Å²) in [5, 5.41) is 0. The largest absolute Gasteiger partial charge is 0.455 e. The van der Waals surface area contributed by atoms with Gasteiger partial charge in [-0.3, -0.25) is 4.98 Å². The van der Waals surface area contributed by atoms with Crippen LogP contribution in [0.3, 0.4) is 0 Å². The van der Waals surface area contributed by atoms with Crippen molar-refractivity contribution in [2.75, 3.05) is 0 Å². The Hall–Kier alpha value is -2.65. The van der Waals surface area contributed by atoms with E-state index in [9.17, 15) is 0 Å². The molecule has 0 radical (unpaired) electrons. The van der Waals surface area contributed by atoms with Crippen molar-refractivity contribution in [3.05, 3.63) is 78.6 Å². The molecule has 3 heteroatoms. The molecule has 0 aliphatic rings. The molecule has 3 rings (SSSR count). The number of pyridine rings is 1. The number of benzene rings is 2. The molecule has 0 saturated carbocycles. The van der Waals surface area contributed by atoms with Crippen molar-refractivity contribution in [2.45, 2.75) is 6.54 Å². The van der Waals surface area contributed by atoms with Gasteiger partial charge in [0.05, 0.1) is 6.20 Å². The zero-order chi connectivity index (χ0) is 14.5. The first-order chi connectivity index (χ1) is 10.4. The predicted molar refractivity (Wildman–Crippen MR) is 84.1 cm³/mol. The van der Waals surface area contributed by atoms with Gasteiger partial charge in [0.25, 0.3) is 0 Å². The number of nitrogens with two attached hydrogens (primary N) is 1. The predicted octanol–water partition coefficient (Wildman–Crippen LogP) is 4.00. The van der Waals surface area contributed by atoms with Crippen LogP contribution >= 0.6 is 0 Å². The summed E-state index contributed by atoms with van der Waals surface area (Å²) < 4.78 is 5.85. The van der Waals surface area contributed by atoms with Crippen molar-refractivity contribution >= 4 is 0 Å². The molecule has 104 valence electrons. The summed E-state index contributed by atoms with van der Waals surface area (Å²) >= 11 is 0. The van der Waals surface area contributed by atoms with E-state index < -0.39 is 0 Å². The molecule has 0 unspecified atom stereocenters. The Morgan fingerprint density at radius 3 is 2.29 bits per heavy atom. The highest BCUT2D eigenvalue weighted by molar-refractivity contribution is 5.64. The molecule has 0 atom stereocenters. The molecule has 2 N–H and O–H groups in total. The second kappa shape index (κ2) is 6.20. The first-order valence-corrected chi connectivity index (χ1v) is 6.83. The van der Waals surface area contributed by atoms with Crippen LogP contribution in [0.4, 0.5) is 0 Å². The van der Waals surface area contributed by atoms with Crippen molar-refractivity contribution in [2.24, 2.45) is 5.73 Å². The molecule has 0 amide bonds. The summed E-state index contributed by atoms with van der Waals surface area (Å²) in [5.74, 6) is 1.48. The third-order valence-electron chi connectivity index (χ3n) is 3.28. The Labute approximate surface area is 124 Å². The normalized spacial score (nSPS) is 10.3. The molecule has 0 aliphatic carbocycles. The number of hydrogen-bond donors (Lipinski definition) is 1. The number of ether oxygens (including phenoxy) is 1. The number of nitrogens with zero attached hydrogens (tertiary/aromatic N) is 1. The Balaban J connectivity index is 1.82. The van der Waals surface area contributed by atoms with E-state index in [1.165, 1.54) is 5.56 Å². The number of rotatable bonds is 4. The highest BCUT2D eigenvalue weighted by Crippen LogP contribution is 2.27. The summed E-state index contributed by atoms with van der Waals surface area (Å²) in [4.78, 5) is 4.07. The van der Waals surface area contributed by atoms with Crippen LogP contribution in [0.15, 0.2) is 73.1 Å². The Bertz CT molecular complexity index is 709. The minimum atomic E-state index is 0.431. The summed E-state index contributed by atoms with van der Waals surface area (Å²) in [7, 11) is 0.